The van der Waals surface area contributed by atoms with Crippen molar-refractivity contribution in [3.8, 4) is 0 Å². The van der Waals surface area contributed by atoms with Crippen molar-refractivity contribution in [3.63, 3.8) is 0 Å². The number of hydrogen-bond acceptors (Lipinski definition) is 8. The highest BCUT2D eigenvalue weighted by molar-refractivity contribution is 7.45. The topological polar surface area (TPSA) is 111 Å². The molecule has 0 rings (SSSR count). The van der Waals surface area contributed by atoms with Gasteiger partial charge in [-0.05, 0) is 38.5 Å². The Morgan fingerprint density at radius 1 is 0.536 bits per heavy atom. The Morgan fingerprint density at radius 2 is 0.911 bits per heavy atom. The molecule has 56 heavy (non-hydrogen) atoms. The average molecular weight is 816 g/mol. The first-order valence-corrected chi connectivity index (χ1v) is 24.9. The first kappa shape index (κ1) is 54.8. The number of nitrogens with zero attached hydrogens (tertiary/aromatic N) is 1. The largest absolute Gasteiger partial charge is 0.756 e. The molecule has 0 aromatic heterocycles. The zero-order chi connectivity index (χ0) is 41.4. The third-order valence-corrected chi connectivity index (χ3v) is 11.2. The number of hydrogen-bond donors (Lipinski definition) is 0. The molecule has 0 aliphatic heterocycles. The summed E-state index contributed by atoms with van der Waals surface area (Å²) >= 11 is 0. The smallest absolute Gasteiger partial charge is 0.306 e. The normalized spacial score (nSPS) is 13.6. The molecule has 0 saturated heterocycles. The SMILES string of the molecule is CCCCCCCC/C=C\CCCCCCCCCCCC(=O)OC[C@H](COP(=O)([O-])OCC[N+](C)(C)C)OC(=O)CCCCCCCCCCCCCCC. The summed E-state index contributed by atoms with van der Waals surface area (Å²) in [4.78, 5) is 37.6. The van der Waals surface area contributed by atoms with Crippen LogP contribution in [0.25, 0.3) is 0 Å². The molecule has 0 aliphatic rings. The number of quaternary nitrogens is 1. The van der Waals surface area contributed by atoms with E-state index in [-0.39, 0.29) is 32.0 Å². The maximum atomic E-state index is 12.7. The van der Waals surface area contributed by atoms with Gasteiger partial charge in [0.25, 0.3) is 7.82 Å². The number of likely N-dealkylation sites (N-methyl/N-ethyl adjacent to an activating group) is 1. The molecular weight excluding hydrogens is 725 g/mol. The van der Waals surface area contributed by atoms with Crippen LogP contribution in [0.15, 0.2) is 12.2 Å². The van der Waals surface area contributed by atoms with Gasteiger partial charge in [-0.15, -0.1) is 0 Å². The van der Waals surface area contributed by atoms with Crippen LogP contribution in [0.2, 0.25) is 0 Å². The molecule has 0 bridgehead atoms. The summed E-state index contributed by atoms with van der Waals surface area (Å²) in [5.41, 5.74) is 0. The minimum Gasteiger partial charge on any atom is -0.756 e. The van der Waals surface area contributed by atoms with Gasteiger partial charge in [-0.1, -0.05) is 180 Å². The van der Waals surface area contributed by atoms with E-state index in [2.05, 4.69) is 26.0 Å². The molecule has 10 heteroatoms. The van der Waals surface area contributed by atoms with Gasteiger partial charge in [0.1, 0.15) is 19.8 Å². The van der Waals surface area contributed by atoms with Gasteiger partial charge in [-0.3, -0.25) is 14.2 Å². The van der Waals surface area contributed by atoms with Gasteiger partial charge in [0.15, 0.2) is 6.10 Å². The van der Waals surface area contributed by atoms with E-state index in [4.69, 9.17) is 18.5 Å². The molecule has 0 N–H and O–H groups in total. The maximum absolute atomic E-state index is 12.7. The lowest BCUT2D eigenvalue weighted by molar-refractivity contribution is -0.870. The molecule has 332 valence electrons. The second-order valence-corrected chi connectivity index (χ2v) is 18.5. The van der Waals surface area contributed by atoms with E-state index in [0.717, 1.165) is 32.1 Å². The number of rotatable bonds is 43. The van der Waals surface area contributed by atoms with Gasteiger partial charge in [-0.25, -0.2) is 0 Å². The maximum Gasteiger partial charge on any atom is 0.306 e. The van der Waals surface area contributed by atoms with E-state index in [9.17, 15) is 19.0 Å². The fraction of sp³-hybridized carbons (Fsp3) is 0.913. The number of phosphoric acid groups is 1. The van der Waals surface area contributed by atoms with Gasteiger partial charge in [-0.2, -0.15) is 0 Å². The first-order chi connectivity index (χ1) is 27.0. The Hall–Kier alpha value is -1.25. The molecule has 0 radical (unpaired) electrons. The van der Waals surface area contributed by atoms with Crippen molar-refractivity contribution in [2.45, 2.75) is 225 Å². The van der Waals surface area contributed by atoms with E-state index in [0.29, 0.717) is 17.4 Å². The minimum atomic E-state index is -4.62. The average Bonchev–Trinajstić information content (AvgIpc) is 3.15. The van der Waals surface area contributed by atoms with Crippen molar-refractivity contribution in [2.24, 2.45) is 0 Å². The van der Waals surface area contributed by atoms with Crippen molar-refractivity contribution in [1.82, 2.24) is 0 Å². The summed E-state index contributed by atoms with van der Waals surface area (Å²) in [7, 11) is 1.18. The molecule has 1 unspecified atom stereocenters. The molecule has 0 aromatic rings. The lowest BCUT2D eigenvalue weighted by Gasteiger charge is -2.28. The number of allylic oxidation sites excluding steroid dienone is 2. The lowest BCUT2D eigenvalue weighted by atomic mass is 10.0. The summed E-state index contributed by atoms with van der Waals surface area (Å²) in [5, 5.41) is 0. The Morgan fingerprint density at radius 3 is 1.32 bits per heavy atom. The number of phosphoric ester groups is 1. The molecule has 0 fully saturated rings. The molecule has 0 spiro atoms. The van der Waals surface area contributed by atoms with E-state index in [1.807, 2.05) is 21.1 Å². The van der Waals surface area contributed by atoms with E-state index in [1.54, 1.807) is 0 Å². The molecule has 0 aromatic carbocycles. The van der Waals surface area contributed by atoms with Gasteiger partial charge in [0.2, 0.25) is 0 Å². The van der Waals surface area contributed by atoms with Gasteiger partial charge in [0.05, 0.1) is 27.7 Å². The van der Waals surface area contributed by atoms with Crippen molar-refractivity contribution < 1.29 is 42.1 Å². The standard InChI is InChI=1S/C46H90NO8P/c1-6-8-10-12-14-16-18-20-21-22-23-24-25-27-28-30-32-34-36-38-45(48)52-42-44(43-54-56(50,51)53-41-40-47(3,4)5)55-46(49)39-37-35-33-31-29-26-19-17-15-13-11-9-7-2/h20-21,44H,6-19,22-43H2,1-5H3/b21-20-/t44-/m1/s1. The Kier molecular flexibility index (Phi) is 38.3. The molecule has 0 heterocycles. The third kappa shape index (κ3) is 42.4. The molecule has 0 aliphatic carbocycles. The van der Waals surface area contributed by atoms with Crippen LogP contribution in [-0.4, -0.2) is 70.0 Å². The predicted molar refractivity (Wildman–Crippen MR) is 231 cm³/mol. The van der Waals surface area contributed by atoms with Gasteiger partial charge in [0, 0.05) is 12.8 Å². The van der Waals surface area contributed by atoms with E-state index < -0.39 is 26.5 Å². The third-order valence-electron chi connectivity index (χ3n) is 10.3. The molecule has 0 saturated carbocycles. The summed E-state index contributed by atoms with van der Waals surface area (Å²) in [5.74, 6) is -0.826. The Bertz CT molecular complexity index is 969. The summed E-state index contributed by atoms with van der Waals surface area (Å²) in [6.45, 7) is 4.25. The highest BCUT2D eigenvalue weighted by atomic mass is 31.2. The van der Waals surface area contributed by atoms with Crippen molar-refractivity contribution in [3.05, 3.63) is 12.2 Å². The monoisotopic (exact) mass is 816 g/mol. The van der Waals surface area contributed by atoms with Crippen molar-refractivity contribution >= 4 is 19.8 Å². The van der Waals surface area contributed by atoms with Crippen LogP contribution in [0, 0.1) is 0 Å². The molecule has 2 atom stereocenters. The Balaban J connectivity index is 4.26. The number of ether oxygens (including phenoxy) is 2. The van der Waals surface area contributed by atoms with Crippen molar-refractivity contribution in [1.29, 1.82) is 0 Å². The van der Waals surface area contributed by atoms with Crippen LogP contribution in [0.5, 0.6) is 0 Å². The fourth-order valence-electron chi connectivity index (χ4n) is 6.59. The minimum absolute atomic E-state index is 0.0278. The second-order valence-electron chi connectivity index (χ2n) is 17.1. The quantitative estimate of drug-likeness (QED) is 0.0197. The highest BCUT2D eigenvalue weighted by Crippen LogP contribution is 2.38. The van der Waals surface area contributed by atoms with E-state index >= 15 is 0 Å². The number of carbonyl (C=O) groups is 2. The molecule has 9 nitrogen and oxygen atoms in total. The number of esters is 2. The summed E-state index contributed by atoms with van der Waals surface area (Å²) < 4.78 is 33.9. The van der Waals surface area contributed by atoms with Gasteiger partial charge < -0.3 is 27.9 Å². The first-order valence-electron chi connectivity index (χ1n) is 23.4. The highest BCUT2D eigenvalue weighted by Gasteiger charge is 2.21. The van der Waals surface area contributed by atoms with Crippen LogP contribution in [0.1, 0.15) is 219 Å². The van der Waals surface area contributed by atoms with Gasteiger partial charge >= 0.3 is 11.9 Å². The van der Waals surface area contributed by atoms with E-state index in [1.165, 1.54) is 154 Å². The van der Waals surface area contributed by atoms with Crippen LogP contribution in [-0.2, 0) is 32.7 Å². The molecule has 0 amide bonds. The lowest BCUT2D eigenvalue weighted by Crippen LogP contribution is -2.37. The number of carbonyl (C=O) groups excluding carboxylic acids is 2. The zero-order valence-corrected chi connectivity index (χ0v) is 38.2. The second kappa shape index (κ2) is 39.2. The fourth-order valence-corrected chi connectivity index (χ4v) is 7.32. The van der Waals surface area contributed by atoms with Crippen LogP contribution < -0.4 is 4.89 Å². The predicted octanol–water partition coefficient (Wildman–Crippen LogP) is 12.7. The summed E-state index contributed by atoms with van der Waals surface area (Å²) in [6.07, 6.45) is 40.9. The zero-order valence-electron chi connectivity index (χ0n) is 37.3. The van der Waals surface area contributed by atoms with Crippen LogP contribution in [0.4, 0.5) is 0 Å². The molecular formula is C46H90NO8P. The summed E-state index contributed by atoms with van der Waals surface area (Å²) in [6, 6.07) is 0. The van der Waals surface area contributed by atoms with Crippen molar-refractivity contribution in [2.75, 3.05) is 47.5 Å². The van der Waals surface area contributed by atoms with Crippen LogP contribution >= 0.6 is 7.82 Å². The van der Waals surface area contributed by atoms with Crippen LogP contribution in [0.3, 0.4) is 0 Å². The Labute approximate surface area is 346 Å². The number of unbranched alkanes of at least 4 members (excludes halogenated alkanes) is 27.